The van der Waals surface area contributed by atoms with Gasteiger partial charge in [-0.05, 0) is 63.2 Å². The molecule has 0 spiro atoms. The Morgan fingerprint density at radius 2 is 1.52 bits per heavy atom. The smallest absolute Gasteiger partial charge is 0.449 e. The summed E-state index contributed by atoms with van der Waals surface area (Å²) in [7, 11) is 0. The highest BCUT2D eigenvalue weighted by Crippen LogP contribution is 2.39. The van der Waals surface area contributed by atoms with Crippen LogP contribution >= 0.6 is 0 Å². The molecule has 0 N–H and O–H groups in total. The predicted molar refractivity (Wildman–Crippen MR) is 136 cm³/mol. The fourth-order valence-corrected chi connectivity index (χ4v) is 4.24. The molecule has 2 heterocycles. The number of ether oxygens (including phenoxy) is 2. The highest BCUT2D eigenvalue weighted by Gasteiger charge is 2.41. The zero-order chi connectivity index (χ0) is 28.9. The molecule has 2 amide bonds. The average Bonchev–Trinajstić information content (AvgIpc) is 3.15. The summed E-state index contributed by atoms with van der Waals surface area (Å²) in [6.07, 6.45) is -5.07. The second kappa shape index (κ2) is 9.67. The van der Waals surface area contributed by atoms with Crippen molar-refractivity contribution in [2.75, 3.05) is 0 Å². The van der Waals surface area contributed by atoms with Gasteiger partial charge in [-0.2, -0.15) is 13.2 Å². The second-order valence-corrected chi connectivity index (χ2v) is 9.38. The van der Waals surface area contributed by atoms with E-state index in [9.17, 15) is 32.3 Å². The Morgan fingerprint density at radius 1 is 0.875 bits per heavy atom. The van der Waals surface area contributed by atoms with E-state index in [0.717, 1.165) is 22.6 Å². The van der Waals surface area contributed by atoms with Crippen LogP contribution in [0.5, 0.6) is 17.2 Å². The van der Waals surface area contributed by atoms with Crippen molar-refractivity contribution in [1.82, 2.24) is 4.90 Å². The lowest BCUT2D eigenvalue weighted by atomic mass is 10.1. The Morgan fingerprint density at radius 3 is 2.17 bits per heavy atom. The van der Waals surface area contributed by atoms with E-state index in [2.05, 4.69) is 0 Å². The molecule has 0 fully saturated rings. The first kappa shape index (κ1) is 26.7. The van der Waals surface area contributed by atoms with Crippen LogP contribution in [0.25, 0.3) is 11.0 Å². The SMILES string of the molecule is Cc1ccc(Oc2c(C(F)(F)F)oc3cc(OC(=O)c4ccc5c(c4)C(=O)N(C(C)C)C5=O)ccc3c2=O)cc1. The van der Waals surface area contributed by atoms with Crippen LogP contribution in [-0.4, -0.2) is 28.7 Å². The molecule has 1 aliphatic rings. The van der Waals surface area contributed by atoms with Crippen molar-refractivity contribution < 1.29 is 41.4 Å². The van der Waals surface area contributed by atoms with Crippen LogP contribution in [-0.2, 0) is 6.18 Å². The maximum Gasteiger partial charge on any atom is 0.453 e. The summed E-state index contributed by atoms with van der Waals surface area (Å²) in [6, 6.07) is 12.9. The fourth-order valence-electron chi connectivity index (χ4n) is 4.24. The lowest BCUT2D eigenvalue weighted by Gasteiger charge is -2.17. The normalized spacial score (nSPS) is 13.2. The molecule has 5 rings (SSSR count). The standard InChI is InChI=1S/C29H20F3NO7/c1-14(2)33-26(35)19-10-6-16(12-21(19)27(33)36)28(37)39-18-9-11-20-22(13-18)40-25(29(30,31)32)24(23(20)34)38-17-7-4-15(3)5-8-17/h4-14H,1-3H3. The molecule has 11 heteroatoms. The monoisotopic (exact) mass is 551 g/mol. The molecule has 0 saturated heterocycles. The molecule has 8 nitrogen and oxygen atoms in total. The van der Waals surface area contributed by atoms with Gasteiger partial charge in [-0.3, -0.25) is 19.3 Å². The van der Waals surface area contributed by atoms with Gasteiger partial charge in [0.05, 0.1) is 22.1 Å². The van der Waals surface area contributed by atoms with E-state index in [1.165, 1.54) is 36.4 Å². The van der Waals surface area contributed by atoms with E-state index in [4.69, 9.17) is 13.9 Å². The van der Waals surface area contributed by atoms with E-state index in [1.54, 1.807) is 32.9 Å². The molecular weight excluding hydrogens is 531 g/mol. The van der Waals surface area contributed by atoms with Crippen LogP contribution in [0.1, 0.15) is 56.2 Å². The Balaban J connectivity index is 1.47. The number of halogens is 3. The van der Waals surface area contributed by atoms with Crippen molar-refractivity contribution in [1.29, 1.82) is 0 Å². The topological polar surface area (TPSA) is 103 Å². The number of amides is 2. The van der Waals surface area contributed by atoms with Gasteiger partial charge in [0.1, 0.15) is 17.1 Å². The van der Waals surface area contributed by atoms with Crippen LogP contribution in [0.2, 0.25) is 0 Å². The Labute approximate surface area is 224 Å². The quantitative estimate of drug-likeness (QED) is 0.167. The number of imide groups is 1. The molecule has 3 aromatic carbocycles. The number of carbonyl (C=O) groups excluding carboxylic acids is 3. The maximum atomic E-state index is 13.8. The van der Waals surface area contributed by atoms with Gasteiger partial charge in [-0.15, -0.1) is 0 Å². The maximum absolute atomic E-state index is 13.8. The fraction of sp³-hybridized carbons (Fsp3) is 0.172. The second-order valence-electron chi connectivity index (χ2n) is 9.38. The molecule has 0 aliphatic carbocycles. The molecule has 0 atom stereocenters. The van der Waals surface area contributed by atoms with E-state index in [-0.39, 0.29) is 39.6 Å². The number of nitrogens with zero attached hydrogens (tertiary/aromatic N) is 1. The van der Waals surface area contributed by atoms with Gasteiger partial charge in [0.2, 0.25) is 11.2 Å². The van der Waals surface area contributed by atoms with Crippen LogP contribution < -0.4 is 14.9 Å². The van der Waals surface area contributed by atoms with Gasteiger partial charge in [0.15, 0.2) is 0 Å². The highest BCUT2D eigenvalue weighted by atomic mass is 19.4. The first-order valence-corrected chi connectivity index (χ1v) is 12.0. The zero-order valence-corrected chi connectivity index (χ0v) is 21.3. The number of hydrogen-bond acceptors (Lipinski definition) is 7. The minimum atomic E-state index is -5.07. The van der Waals surface area contributed by atoms with E-state index in [0.29, 0.717) is 0 Å². The van der Waals surface area contributed by atoms with Crippen molar-refractivity contribution in [2.24, 2.45) is 0 Å². The number of alkyl halides is 3. The third-order valence-corrected chi connectivity index (χ3v) is 6.20. The summed E-state index contributed by atoms with van der Waals surface area (Å²) in [5.41, 5.74) is -0.595. The number of benzene rings is 3. The molecular formula is C29H20F3NO7. The van der Waals surface area contributed by atoms with Crippen LogP contribution in [0.15, 0.2) is 69.9 Å². The molecule has 204 valence electrons. The predicted octanol–water partition coefficient (Wildman–Crippen LogP) is 6.14. The first-order chi connectivity index (χ1) is 18.8. The number of fused-ring (bicyclic) bond motifs is 2. The third kappa shape index (κ3) is 4.70. The molecule has 0 radical (unpaired) electrons. The molecule has 0 bridgehead atoms. The first-order valence-electron chi connectivity index (χ1n) is 12.0. The van der Waals surface area contributed by atoms with E-state index >= 15 is 0 Å². The summed E-state index contributed by atoms with van der Waals surface area (Å²) < 4.78 is 57.2. The van der Waals surface area contributed by atoms with E-state index < -0.39 is 46.5 Å². The van der Waals surface area contributed by atoms with Crippen molar-refractivity contribution in [3.05, 3.63) is 98.9 Å². The minimum absolute atomic E-state index is 0.0133. The molecule has 40 heavy (non-hydrogen) atoms. The number of aryl methyl sites for hydroxylation is 1. The van der Waals surface area contributed by atoms with Gasteiger partial charge in [0.25, 0.3) is 17.6 Å². The van der Waals surface area contributed by atoms with Crippen molar-refractivity contribution in [3.8, 4) is 17.2 Å². The number of rotatable bonds is 5. The van der Waals surface area contributed by atoms with Crippen LogP contribution in [0.4, 0.5) is 13.2 Å². The highest BCUT2D eigenvalue weighted by molar-refractivity contribution is 6.22. The number of esters is 1. The lowest BCUT2D eigenvalue weighted by molar-refractivity contribution is -0.154. The molecule has 0 unspecified atom stereocenters. The molecule has 1 aromatic heterocycles. The minimum Gasteiger partial charge on any atom is -0.449 e. The number of hydrogen-bond donors (Lipinski definition) is 0. The van der Waals surface area contributed by atoms with Gasteiger partial charge < -0.3 is 13.9 Å². The van der Waals surface area contributed by atoms with Crippen molar-refractivity contribution >= 4 is 28.8 Å². The van der Waals surface area contributed by atoms with E-state index in [1.807, 2.05) is 0 Å². The summed E-state index contributed by atoms with van der Waals surface area (Å²) in [5, 5.41) is -0.231. The lowest BCUT2D eigenvalue weighted by Crippen LogP contribution is -2.35. The Hall–Kier alpha value is -4.93. The van der Waals surface area contributed by atoms with Crippen LogP contribution in [0, 0.1) is 6.92 Å². The summed E-state index contributed by atoms with van der Waals surface area (Å²) >= 11 is 0. The molecule has 1 aliphatic heterocycles. The van der Waals surface area contributed by atoms with Crippen LogP contribution in [0.3, 0.4) is 0 Å². The summed E-state index contributed by atoms with van der Waals surface area (Å²) in [6.45, 7) is 5.14. The van der Waals surface area contributed by atoms with Gasteiger partial charge in [-0.1, -0.05) is 17.7 Å². The Kier molecular flexibility index (Phi) is 6.45. The summed E-state index contributed by atoms with van der Waals surface area (Å²) in [5.74, 6) is -4.85. The van der Waals surface area contributed by atoms with Gasteiger partial charge >= 0.3 is 12.1 Å². The average molecular weight is 551 g/mol. The van der Waals surface area contributed by atoms with Crippen molar-refractivity contribution in [3.63, 3.8) is 0 Å². The third-order valence-electron chi connectivity index (χ3n) is 6.20. The number of carbonyl (C=O) groups is 3. The molecule has 0 saturated carbocycles. The molecule has 4 aromatic rings. The summed E-state index contributed by atoms with van der Waals surface area (Å²) in [4.78, 5) is 52.0. The Bertz CT molecular complexity index is 1750. The van der Waals surface area contributed by atoms with Gasteiger partial charge in [0, 0.05) is 12.1 Å². The zero-order valence-electron chi connectivity index (χ0n) is 21.3. The van der Waals surface area contributed by atoms with Crippen molar-refractivity contribution in [2.45, 2.75) is 33.0 Å². The largest absolute Gasteiger partial charge is 0.453 e. The van der Waals surface area contributed by atoms with Gasteiger partial charge in [-0.25, -0.2) is 4.79 Å².